The first-order valence-corrected chi connectivity index (χ1v) is 5.45. The van der Waals surface area contributed by atoms with E-state index in [0.717, 1.165) is 0 Å². The van der Waals surface area contributed by atoms with Crippen LogP contribution in [0.15, 0.2) is 42.6 Å². The van der Waals surface area contributed by atoms with Crippen molar-refractivity contribution in [3.8, 4) is 5.69 Å². The summed E-state index contributed by atoms with van der Waals surface area (Å²) in [7, 11) is 0. The molecule has 1 fully saturated rings. The Bertz CT molecular complexity index is 535. The molecule has 0 saturated heterocycles. The maximum absolute atomic E-state index is 3.67. The highest BCUT2D eigenvalue weighted by atomic mass is 15.2. The molecule has 1 aromatic carbocycles. The summed E-state index contributed by atoms with van der Waals surface area (Å²) in [6.45, 7) is 0. The SMILES string of the molecule is c1ccc2c(c1)NC1(CC1)c1cccn1-2. The Kier molecular flexibility index (Phi) is 1.15. The van der Waals surface area contributed by atoms with Crippen molar-refractivity contribution < 1.29 is 0 Å². The van der Waals surface area contributed by atoms with Crippen molar-refractivity contribution in [1.29, 1.82) is 0 Å². The van der Waals surface area contributed by atoms with Crippen LogP contribution in [0.4, 0.5) is 5.69 Å². The van der Waals surface area contributed by atoms with Gasteiger partial charge in [0, 0.05) is 11.9 Å². The molecule has 1 aliphatic heterocycles. The fraction of sp³-hybridized carbons (Fsp3) is 0.231. The molecule has 15 heavy (non-hydrogen) atoms. The van der Waals surface area contributed by atoms with Gasteiger partial charge in [0.05, 0.1) is 16.9 Å². The number of fused-ring (bicyclic) bond motifs is 4. The van der Waals surface area contributed by atoms with E-state index in [-0.39, 0.29) is 5.54 Å². The van der Waals surface area contributed by atoms with Crippen molar-refractivity contribution in [3.63, 3.8) is 0 Å². The van der Waals surface area contributed by atoms with Crippen LogP contribution in [-0.4, -0.2) is 4.57 Å². The van der Waals surface area contributed by atoms with Gasteiger partial charge in [-0.15, -0.1) is 0 Å². The third kappa shape index (κ3) is 0.845. The smallest absolute Gasteiger partial charge is 0.0782 e. The van der Waals surface area contributed by atoms with E-state index < -0.39 is 0 Å². The summed E-state index contributed by atoms with van der Waals surface area (Å²) in [6.07, 6.45) is 4.67. The molecule has 0 unspecified atom stereocenters. The van der Waals surface area contributed by atoms with Gasteiger partial charge in [-0.05, 0) is 37.1 Å². The molecule has 74 valence electrons. The second-order valence-electron chi connectivity index (χ2n) is 4.49. The molecule has 2 heterocycles. The maximum atomic E-state index is 3.67. The van der Waals surface area contributed by atoms with Crippen LogP contribution < -0.4 is 5.32 Å². The maximum Gasteiger partial charge on any atom is 0.0782 e. The Labute approximate surface area is 88.5 Å². The lowest BCUT2D eigenvalue weighted by molar-refractivity contribution is 0.715. The Balaban J connectivity index is 2.05. The lowest BCUT2D eigenvalue weighted by Crippen LogP contribution is -2.27. The summed E-state index contributed by atoms with van der Waals surface area (Å²) in [6, 6.07) is 12.9. The molecule has 1 saturated carbocycles. The summed E-state index contributed by atoms with van der Waals surface area (Å²) in [4.78, 5) is 0. The van der Waals surface area contributed by atoms with Crippen molar-refractivity contribution in [3.05, 3.63) is 48.3 Å². The van der Waals surface area contributed by atoms with E-state index in [4.69, 9.17) is 0 Å². The fourth-order valence-corrected chi connectivity index (χ4v) is 2.60. The quantitative estimate of drug-likeness (QED) is 0.685. The molecule has 2 aliphatic rings. The standard InChI is InChI=1S/C13H12N2/c1-2-5-11-10(4-1)14-13(7-8-13)12-6-3-9-15(11)12/h1-6,9,14H,7-8H2. The van der Waals surface area contributed by atoms with Gasteiger partial charge in [-0.3, -0.25) is 0 Å². The van der Waals surface area contributed by atoms with Gasteiger partial charge in [0.25, 0.3) is 0 Å². The number of rotatable bonds is 0. The monoisotopic (exact) mass is 196 g/mol. The molecule has 2 nitrogen and oxygen atoms in total. The molecular weight excluding hydrogens is 184 g/mol. The molecule has 0 radical (unpaired) electrons. The summed E-state index contributed by atoms with van der Waals surface area (Å²) in [5.41, 5.74) is 4.20. The van der Waals surface area contributed by atoms with E-state index in [1.165, 1.54) is 29.9 Å². The Morgan fingerprint density at radius 1 is 1.07 bits per heavy atom. The lowest BCUT2D eigenvalue weighted by Gasteiger charge is -2.29. The first kappa shape index (κ1) is 7.57. The summed E-state index contributed by atoms with van der Waals surface area (Å²) in [5.74, 6) is 0. The zero-order valence-electron chi connectivity index (χ0n) is 8.40. The Hall–Kier alpha value is -1.70. The minimum atomic E-state index is 0.248. The van der Waals surface area contributed by atoms with Crippen LogP contribution >= 0.6 is 0 Å². The van der Waals surface area contributed by atoms with E-state index in [0.29, 0.717) is 0 Å². The highest BCUT2D eigenvalue weighted by Crippen LogP contribution is 2.52. The normalized spacial score (nSPS) is 19.2. The van der Waals surface area contributed by atoms with Gasteiger partial charge >= 0.3 is 0 Å². The number of aromatic nitrogens is 1. The number of para-hydroxylation sites is 2. The number of anilines is 1. The predicted octanol–water partition coefficient (Wildman–Crippen LogP) is 2.89. The van der Waals surface area contributed by atoms with Crippen LogP contribution in [0.1, 0.15) is 18.5 Å². The summed E-state index contributed by atoms with van der Waals surface area (Å²) >= 11 is 0. The molecule has 4 rings (SSSR count). The first-order valence-electron chi connectivity index (χ1n) is 5.45. The van der Waals surface area contributed by atoms with Gasteiger partial charge in [0.2, 0.25) is 0 Å². The van der Waals surface area contributed by atoms with Crippen LogP contribution in [0.25, 0.3) is 5.69 Å². The van der Waals surface area contributed by atoms with Gasteiger partial charge in [-0.2, -0.15) is 0 Å². The topological polar surface area (TPSA) is 17.0 Å². The lowest BCUT2D eigenvalue weighted by atomic mass is 10.1. The van der Waals surface area contributed by atoms with E-state index in [2.05, 4.69) is 52.5 Å². The predicted molar refractivity (Wildman–Crippen MR) is 60.3 cm³/mol. The fourth-order valence-electron chi connectivity index (χ4n) is 2.60. The number of nitrogens with zero attached hydrogens (tertiary/aromatic N) is 1. The molecule has 1 aromatic heterocycles. The molecule has 0 atom stereocenters. The minimum Gasteiger partial charge on any atom is -0.372 e. The van der Waals surface area contributed by atoms with Crippen molar-refractivity contribution in [1.82, 2.24) is 4.57 Å². The van der Waals surface area contributed by atoms with Gasteiger partial charge in [-0.1, -0.05) is 12.1 Å². The van der Waals surface area contributed by atoms with Crippen LogP contribution in [0.2, 0.25) is 0 Å². The van der Waals surface area contributed by atoms with Crippen LogP contribution in [0, 0.1) is 0 Å². The van der Waals surface area contributed by atoms with Gasteiger partial charge in [-0.25, -0.2) is 0 Å². The van der Waals surface area contributed by atoms with E-state index >= 15 is 0 Å². The van der Waals surface area contributed by atoms with Crippen molar-refractivity contribution in [2.75, 3.05) is 5.32 Å². The average Bonchev–Trinajstić information content (AvgIpc) is 2.85. The molecule has 2 heteroatoms. The first-order chi connectivity index (χ1) is 7.39. The van der Waals surface area contributed by atoms with Crippen LogP contribution in [0.5, 0.6) is 0 Å². The van der Waals surface area contributed by atoms with Crippen molar-refractivity contribution in [2.24, 2.45) is 0 Å². The number of hydrogen-bond donors (Lipinski definition) is 1. The van der Waals surface area contributed by atoms with Crippen molar-refractivity contribution >= 4 is 5.69 Å². The Morgan fingerprint density at radius 3 is 2.80 bits per heavy atom. The number of benzene rings is 1. The molecular formula is C13H12N2. The van der Waals surface area contributed by atoms with E-state index in [1.807, 2.05) is 0 Å². The molecule has 1 N–H and O–H groups in total. The molecule has 1 spiro atoms. The second-order valence-corrected chi connectivity index (χ2v) is 4.49. The van der Waals surface area contributed by atoms with Gasteiger partial charge in [0.1, 0.15) is 0 Å². The molecule has 2 aromatic rings. The number of hydrogen-bond acceptors (Lipinski definition) is 1. The zero-order chi connectivity index (χ0) is 9.88. The minimum absolute atomic E-state index is 0.248. The zero-order valence-corrected chi connectivity index (χ0v) is 8.40. The third-order valence-electron chi connectivity index (χ3n) is 3.53. The van der Waals surface area contributed by atoms with Crippen LogP contribution in [-0.2, 0) is 5.54 Å². The van der Waals surface area contributed by atoms with Gasteiger partial charge < -0.3 is 9.88 Å². The average molecular weight is 196 g/mol. The van der Waals surface area contributed by atoms with Crippen molar-refractivity contribution in [2.45, 2.75) is 18.4 Å². The summed E-state index contributed by atoms with van der Waals surface area (Å²) < 4.78 is 2.32. The highest BCUT2D eigenvalue weighted by Gasteiger charge is 2.48. The summed E-state index contributed by atoms with van der Waals surface area (Å²) in [5, 5.41) is 3.67. The highest BCUT2D eigenvalue weighted by molar-refractivity contribution is 5.68. The Morgan fingerprint density at radius 2 is 1.93 bits per heavy atom. The second kappa shape index (κ2) is 2.27. The molecule has 0 amide bonds. The molecule has 0 bridgehead atoms. The third-order valence-corrected chi connectivity index (χ3v) is 3.53. The number of nitrogens with one attached hydrogen (secondary N) is 1. The van der Waals surface area contributed by atoms with Gasteiger partial charge in [0.15, 0.2) is 0 Å². The molecule has 1 aliphatic carbocycles. The largest absolute Gasteiger partial charge is 0.372 e. The van der Waals surface area contributed by atoms with Crippen LogP contribution in [0.3, 0.4) is 0 Å². The van der Waals surface area contributed by atoms with E-state index in [1.54, 1.807) is 0 Å². The van der Waals surface area contributed by atoms with E-state index in [9.17, 15) is 0 Å².